The van der Waals surface area contributed by atoms with Crippen LogP contribution in [0, 0.1) is 0 Å². The average Bonchev–Trinajstić information content (AvgIpc) is 2.95. The number of hydrogen-bond acceptors (Lipinski definition) is 5. The van der Waals surface area contributed by atoms with E-state index in [1.165, 1.54) is 0 Å². The Kier molecular flexibility index (Phi) is 5.86. The van der Waals surface area contributed by atoms with Gasteiger partial charge in [0.2, 0.25) is 0 Å². The van der Waals surface area contributed by atoms with Gasteiger partial charge in [-0.15, -0.1) is 0 Å². The van der Waals surface area contributed by atoms with E-state index in [9.17, 15) is 0 Å². The molecule has 5 heteroatoms. The predicted octanol–water partition coefficient (Wildman–Crippen LogP) is 3.06. The molecule has 2 heterocycles. The van der Waals surface area contributed by atoms with E-state index >= 15 is 0 Å². The zero-order valence-corrected chi connectivity index (χ0v) is 13.9. The van der Waals surface area contributed by atoms with Crippen molar-refractivity contribution in [3.05, 3.63) is 60.1 Å². The number of anilines is 1. The minimum atomic E-state index is 0.417. The molecule has 2 rings (SSSR count). The average molecular weight is 309 g/mol. The van der Waals surface area contributed by atoms with Crippen molar-refractivity contribution in [2.75, 3.05) is 18.5 Å². The molecule has 0 radical (unpaired) electrons. The summed E-state index contributed by atoms with van der Waals surface area (Å²) >= 11 is 0. The Hall–Kier alpha value is -2.69. The Bertz CT molecular complexity index is 678. The number of amidine groups is 2. The van der Waals surface area contributed by atoms with Gasteiger partial charge in [-0.1, -0.05) is 31.2 Å². The van der Waals surface area contributed by atoms with E-state index < -0.39 is 0 Å². The molecule has 0 bridgehead atoms. The molecule has 1 aliphatic heterocycles. The third-order valence-electron chi connectivity index (χ3n) is 3.46. The van der Waals surface area contributed by atoms with Crippen LogP contribution in [0.4, 0.5) is 5.69 Å². The van der Waals surface area contributed by atoms with Crippen LogP contribution in [0.3, 0.4) is 0 Å². The largest absolute Gasteiger partial charge is 0.382 e. The maximum atomic E-state index is 5.93. The van der Waals surface area contributed by atoms with Crippen LogP contribution in [0.2, 0.25) is 0 Å². The van der Waals surface area contributed by atoms with E-state index in [2.05, 4.69) is 39.8 Å². The molecular formula is C18H23N5. The van der Waals surface area contributed by atoms with Gasteiger partial charge < -0.3 is 10.6 Å². The Morgan fingerprint density at radius 2 is 1.96 bits per heavy atom. The third-order valence-corrected chi connectivity index (χ3v) is 3.46. The maximum Gasteiger partial charge on any atom is 0.180 e. The van der Waals surface area contributed by atoms with E-state index in [1.54, 1.807) is 0 Å². The quantitative estimate of drug-likeness (QED) is 0.821. The first kappa shape index (κ1) is 16.7. The minimum absolute atomic E-state index is 0.417. The first-order valence-corrected chi connectivity index (χ1v) is 7.80. The highest BCUT2D eigenvalue weighted by Crippen LogP contribution is 2.15. The zero-order valence-electron chi connectivity index (χ0n) is 13.9. The lowest BCUT2D eigenvalue weighted by Crippen LogP contribution is -2.16. The number of nitrogens with zero attached hydrogens (tertiary/aromatic N) is 4. The lowest BCUT2D eigenvalue weighted by Gasteiger charge is -2.15. The second-order valence-corrected chi connectivity index (χ2v) is 5.12. The van der Waals surface area contributed by atoms with Gasteiger partial charge in [-0.25, -0.2) is 9.98 Å². The fraction of sp³-hybridized carbons (Fsp3) is 0.278. The maximum absolute atomic E-state index is 5.93. The molecule has 0 saturated carbocycles. The smallest absolute Gasteiger partial charge is 0.180 e. The predicted molar refractivity (Wildman–Crippen MR) is 98.0 cm³/mol. The topological polar surface area (TPSA) is 66.9 Å². The van der Waals surface area contributed by atoms with Crippen molar-refractivity contribution in [2.24, 2.45) is 15.7 Å². The molecule has 2 N–H and O–H groups in total. The SMILES string of the molecule is CC/C=C/C=C/C=C1\N=C(c2ccc(N(C)CC)cn2)N=C1N. The summed E-state index contributed by atoms with van der Waals surface area (Å²) in [6.45, 7) is 5.12. The number of pyridine rings is 1. The summed E-state index contributed by atoms with van der Waals surface area (Å²) in [5.74, 6) is 0.970. The Labute approximate surface area is 137 Å². The second-order valence-electron chi connectivity index (χ2n) is 5.12. The molecule has 1 aromatic rings. The molecule has 0 fully saturated rings. The van der Waals surface area contributed by atoms with Gasteiger partial charge in [0.1, 0.15) is 11.4 Å². The molecule has 0 unspecified atom stereocenters. The normalized spacial score (nSPS) is 16.4. The van der Waals surface area contributed by atoms with Gasteiger partial charge in [0.25, 0.3) is 0 Å². The summed E-state index contributed by atoms with van der Waals surface area (Å²) in [6, 6.07) is 3.93. The van der Waals surface area contributed by atoms with Crippen molar-refractivity contribution in [1.82, 2.24) is 4.98 Å². The lowest BCUT2D eigenvalue weighted by molar-refractivity contribution is 0.961. The van der Waals surface area contributed by atoms with Crippen molar-refractivity contribution in [1.29, 1.82) is 0 Å². The molecule has 0 saturated heterocycles. The number of aromatic nitrogens is 1. The zero-order chi connectivity index (χ0) is 16.7. The van der Waals surface area contributed by atoms with Gasteiger partial charge in [-0.3, -0.25) is 4.98 Å². The molecule has 0 spiro atoms. The number of allylic oxidation sites excluding steroid dienone is 5. The molecule has 1 aliphatic rings. The van der Waals surface area contributed by atoms with Crippen LogP contribution < -0.4 is 10.6 Å². The van der Waals surface area contributed by atoms with E-state index in [-0.39, 0.29) is 0 Å². The summed E-state index contributed by atoms with van der Waals surface area (Å²) in [6.07, 6.45) is 12.6. The number of nitrogens with two attached hydrogens (primary N) is 1. The second kappa shape index (κ2) is 8.08. The highest BCUT2D eigenvalue weighted by atomic mass is 15.1. The van der Waals surface area contributed by atoms with Crippen molar-refractivity contribution in [3.63, 3.8) is 0 Å². The molecule has 5 nitrogen and oxygen atoms in total. The molecule has 0 aromatic carbocycles. The van der Waals surface area contributed by atoms with Gasteiger partial charge in [0.05, 0.1) is 11.9 Å². The summed E-state index contributed by atoms with van der Waals surface area (Å²) < 4.78 is 0. The van der Waals surface area contributed by atoms with Crippen LogP contribution in [0.1, 0.15) is 26.0 Å². The first-order valence-electron chi connectivity index (χ1n) is 7.80. The lowest BCUT2D eigenvalue weighted by atomic mass is 10.3. The third kappa shape index (κ3) is 4.39. The summed E-state index contributed by atoms with van der Waals surface area (Å²) in [5, 5.41) is 0. The molecular weight excluding hydrogens is 286 g/mol. The fourth-order valence-corrected chi connectivity index (χ4v) is 1.96. The van der Waals surface area contributed by atoms with Crippen LogP contribution in [0.25, 0.3) is 0 Å². The summed E-state index contributed by atoms with van der Waals surface area (Å²) in [4.78, 5) is 15.3. The van der Waals surface area contributed by atoms with Gasteiger partial charge in [0, 0.05) is 13.6 Å². The molecule has 0 amide bonds. The van der Waals surface area contributed by atoms with Gasteiger partial charge in [0.15, 0.2) is 11.7 Å². The molecule has 23 heavy (non-hydrogen) atoms. The number of rotatable bonds is 6. The molecule has 0 aliphatic carbocycles. The van der Waals surface area contributed by atoms with E-state index in [1.807, 2.05) is 49.7 Å². The van der Waals surface area contributed by atoms with Crippen LogP contribution >= 0.6 is 0 Å². The van der Waals surface area contributed by atoms with Gasteiger partial charge >= 0.3 is 0 Å². The summed E-state index contributed by atoms with van der Waals surface area (Å²) in [5.41, 5.74) is 8.38. The molecule has 120 valence electrons. The van der Waals surface area contributed by atoms with Crippen molar-refractivity contribution >= 4 is 17.4 Å². The van der Waals surface area contributed by atoms with Crippen LogP contribution in [0.15, 0.2) is 64.4 Å². The van der Waals surface area contributed by atoms with Crippen molar-refractivity contribution < 1.29 is 0 Å². The Morgan fingerprint density at radius 3 is 2.61 bits per heavy atom. The highest BCUT2D eigenvalue weighted by Gasteiger charge is 2.15. The van der Waals surface area contributed by atoms with Gasteiger partial charge in [-0.2, -0.15) is 0 Å². The van der Waals surface area contributed by atoms with Crippen LogP contribution in [-0.4, -0.2) is 30.2 Å². The number of aliphatic imine (C=N–C) groups is 2. The highest BCUT2D eigenvalue weighted by molar-refractivity contribution is 6.16. The van der Waals surface area contributed by atoms with E-state index in [0.29, 0.717) is 17.4 Å². The monoisotopic (exact) mass is 309 g/mol. The summed E-state index contributed by atoms with van der Waals surface area (Å²) in [7, 11) is 2.03. The molecule has 0 atom stereocenters. The number of hydrogen-bond donors (Lipinski definition) is 1. The Balaban J connectivity index is 2.15. The van der Waals surface area contributed by atoms with Crippen LogP contribution in [-0.2, 0) is 0 Å². The minimum Gasteiger partial charge on any atom is -0.382 e. The van der Waals surface area contributed by atoms with Crippen LogP contribution in [0.5, 0.6) is 0 Å². The van der Waals surface area contributed by atoms with E-state index in [0.717, 1.165) is 24.3 Å². The van der Waals surface area contributed by atoms with Gasteiger partial charge in [-0.05, 0) is 31.6 Å². The molecule has 1 aromatic heterocycles. The first-order chi connectivity index (χ1) is 11.2. The van der Waals surface area contributed by atoms with Crippen molar-refractivity contribution in [3.8, 4) is 0 Å². The fourth-order valence-electron chi connectivity index (χ4n) is 1.96. The Morgan fingerprint density at radius 1 is 1.13 bits per heavy atom. The standard InChI is InChI=1S/C18H23N5/c1-4-6-7-8-9-10-15-17(19)22-18(21-15)16-12-11-14(13-20-16)23(3)5-2/h6-13H,4-5H2,1-3H3,(H2,19,21,22)/b7-6+,9-8+,15-10-. The van der Waals surface area contributed by atoms with E-state index in [4.69, 9.17) is 5.73 Å². The van der Waals surface area contributed by atoms with Crippen molar-refractivity contribution in [2.45, 2.75) is 20.3 Å².